The van der Waals surface area contributed by atoms with Crippen LogP contribution in [-0.4, -0.2) is 54.1 Å². The summed E-state index contributed by atoms with van der Waals surface area (Å²) < 4.78 is 0. The van der Waals surface area contributed by atoms with Gasteiger partial charge in [-0.3, -0.25) is 19.9 Å². The van der Waals surface area contributed by atoms with Crippen LogP contribution in [0, 0.1) is 0 Å². The van der Waals surface area contributed by atoms with Crippen molar-refractivity contribution in [1.29, 1.82) is 0 Å². The molecule has 12 nitrogen and oxygen atoms in total. The SMILES string of the molecule is CC12NC3=N/C(=N\c4[nH]c(c5cccc(-c6ccncc6)c45)/N=C4\N=C(N=C(N1)c1c(-c5ccncc5)cccc12)c1cccc(-c2ccncc2)c14)c1cccc(-c2ccncc2)c13. The molecule has 0 spiro atoms. The molecule has 1 atom stereocenters. The van der Waals surface area contributed by atoms with Gasteiger partial charge in [0.1, 0.15) is 29.0 Å². The normalized spacial score (nSPS) is 18.1. The first-order valence-electron chi connectivity index (χ1n) is 21.3. The number of aliphatic imine (C=N–C) groups is 5. The van der Waals surface area contributed by atoms with E-state index in [1.54, 1.807) is 24.8 Å². The van der Waals surface area contributed by atoms with Crippen molar-refractivity contribution in [2.24, 2.45) is 25.0 Å². The molecule has 12 heteroatoms. The molecule has 8 bridgehead atoms. The van der Waals surface area contributed by atoms with Crippen LogP contribution in [-0.2, 0) is 5.66 Å². The minimum absolute atomic E-state index is 0.519. The summed E-state index contributed by atoms with van der Waals surface area (Å²) in [7, 11) is 0. The third-order valence-corrected chi connectivity index (χ3v) is 12.5. The lowest BCUT2D eigenvalue weighted by atomic mass is 9.92. The molecule has 4 aliphatic rings. The summed E-state index contributed by atoms with van der Waals surface area (Å²) in [5.41, 5.74) is 12.5. The maximum Gasteiger partial charge on any atom is 0.165 e. The number of fused-ring (bicyclic) bond motifs is 18. The van der Waals surface area contributed by atoms with E-state index < -0.39 is 5.66 Å². The number of pyridine rings is 4. The summed E-state index contributed by atoms with van der Waals surface area (Å²) in [6.07, 6.45) is 14.5. The van der Waals surface area contributed by atoms with E-state index in [9.17, 15) is 0 Å². The fourth-order valence-corrected chi connectivity index (χ4v) is 9.59. The van der Waals surface area contributed by atoms with Crippen molar-refractivity contribution in [2.45, 2.75) is 12.6 Å². The predicted molar refractivity (Wildman–Crippen MR) is 256 cm³/mol. The van der Waals surface area contributed by atoms with E-state index in [1.807, 2.05) is 85.5 Å². The summed E-state index contributed by atoms with van der Waals surface area (Å²) in [6, 6.07) is 41.2. The Morgan fingerprint density at radius 1 is 0.369 bits per heavy atom. The first kappa shape index (κ1) is 36.6. The van der Waals surface area contributed by atoms with Crippen LogP contribution >= 0.6 is 0 Å². The molecule has 9 aromatic rings. The molecule has 65 heavy (non-hydrogen) atoms. The van der Waals surface area contributed by atoms with Crippen LogP contribution in [0.1, 0.15) is 40.3 Å². The third kappa shape index (κ3) is 5.81. The molecule has 3 N–H and O–H groups in total. The van der Waals surface area contributed by atoms with Gasteiger partial charge in [-0.15, -0.1) is 0 Å². The highest BCUT2D eigenvalue weighted by molar-refractivity contribution is 6.30. The minimum Gasteiger partial charge on any atom is -0.343 e. The van der Waals surface area contributed by atoms with Gasteiger partial charge in [0.05, 0.1) is 0 Å². The summed E-state index contributed by atoms with van der Waals surface area (Å²) in [5, 5.41) is 9.57. The van der Waals surface area contributed by atoms with E-state index >= 15 is 0 Å². The summed E-state index contributed by atoms with van der Waals surface area (Å²) in [5.74, 6) is 4.12. The Bertz CT molecular complexity index is 3590. The molecule has 1 unspecified atom stereocenters. The van der Waals surface area contributed by atoms with Crippen LogP contribution in [0.3, 0.4) is 0 Å². The number of hydrogen-bond acceptors (Lipinski definition) is 11. The molecule has 5 aromatic heterocycles. The molecule has 9 heterocycles. The lowest BCUT2D eigenvalue weighted by molar-refractivity contribution is 0.418. The Labute approximate surface area is 372 Å². The zero-order chi connectivity index (χ0) is 43.1. The van der Waals surface area contributed by atoms with Gasteiger partial charge in [0, 0.05) is 93.7 Å². The molecule has 0 radical (unpaired) electrons. The van der Waals surface area contributed by atoms with E-state index in [1.165, 1.54) is 0 Å². The highest BCUT2D eigenvalue weighted by atomic mass is 15.3. The molecule has 4 aliphatic heterocycles. The van der Waals surface area contributed by atoms with Gasteiger partial charge in [0.2, 0.25) is 0 Å². The van der Waals surface area contributed by atoms with Gasteiger partial charge in [-0.1, -0.05) is 72.8 Å². The Hall–Kier alpha value is -9.03. The molecule has 0 saturated heterocycles. The maximum atomic E-state index is 5.50. The molecule has 13 rings (SSSR count). The Kier molecular flexibility index (Phi) is 8.03. The van der Waals surface area contributed by atoms with Gasteiger partial charge in [0.15, 0.2) is 17.5 Å². The predicted octanol–water partition coefficient (Wildman–Crippen LogP) is 9.92. The molecule has 306 valence electrons. The molecule has 0 aliphatic carbocycles. The van der Waals surface area contributed by atoms with E-state index in [0.29, 0.717) is 40.8 Å². The fraction of sp³-hybridized carbons (Fsp3) is 0.0377. The number of nitrogens with zero attached hydrogens (tertiary/aromatic N) is 9. The van der Waals surface area contributed by atoms with E-state index in [0.717, 1.165) is 88.7 Å². The molecule has 0 fully saturated rings. The van der Waals surface area contributed by atoms with Crippen molar-refractivity contribution in [2.75, 3.05) is 0 Å². The topological polar surface area (TPSA) is 153 Å². The lowest BCUT2D eigenvalue weighted by Gasteiger charge is -2.29. The lowest BCUT2D eigenvalue weighted by Crippen LogP contribution is -2.52. The van der Waals surface area contributed by atoms with Crippen LogP contribution in [0.15, 0.2) is 196 Å². The standard InChI is InChI=1S/C53H34N12/c1-53-41-13-5-9-37(33-20-28-57-29-21-33)45(41)52(65-53)63-47-39-11-3-7-35(31-16-24-55-25-17-31)43(39)50(60-47)59-46-38-10-2-6-34(30-14-22-54-23-15-30)42(38)49(58-46)61-48-40-12-4-8-36(32-18-26-56-27-19-32)44(40)51(62-48)64-53/h2-29,58H,1H3,(H,61,62,64)(H,59,60,63,65). The summed E-state index contributed by atoms with van der Waals surface area (Å²) in [4.78, 5) is 48.1. The highest BCUT2D eigenvalue weighted by Crippen LogP contribution is 2.44. The van der Waals surface area contributed by atoms with Gasteiger partial charge in [0.25, 0.3) is 0 Å². The molecular weight excluding hydrogens is 805 g/mol. The van der Waals surface area contributed by atoms with Crippen molar-refractivity contribution in [3.63, 3.8) is 0 Å². The maximum absolute atomic E-state index is 5.50. The van der Waals surface area contributed by atoms with Crippen LogP contribution in [0.25, 0.3) is 55.3 Å². The second kappa shape index (κ2) is 14.3. The van der Waals surface area contributed by atoms with Crippen LogP contribution in [0.5, 0.6) is 0 Å². The molecule has 4 aromatic carbocycles. The Morgan fingerprint density at radius 3 is 1.40 bits per heavy atom. The van der Waals surface area contributed by atoms with Gasteiger partial charge < -0.3 is 15.6 Å². The van der Waals surface area contributed by atoms with Crippen LogP contribution in [0.2, 0.25) is 0 Å². The van der Waals surface area contributed by atoms with E-state index in [2.05, 4.69) is 103 Å². The number of rotatable bonds is 4. The van der Waals surface area contributed by atoms with Crippen molar-refractivity contribution in [3.8, 4) is 44.5 Å². The zero-order valence-corrected chi connectivity index (χ0v) is 34.7. The number of aromatic amines is 1. The minimum atomic E-state index is -0.913. The summed E-state index contributed by atoms with van der Waals surface area (Å²) in [6.45, 7) is 2.13. The Balaban J connectivity index is 1.14. The van der Waals surface area contributed by atoms with Crippen LogP contribution < -0.4 is 10.6 Å². The molecule has 0 amide bonds. The van der Waals surface area contributed by atoms with E-state index in [-0.39, 0.29) is 0 Å². The number of hydrogen-bond donors (Lipinski definition) is 3. The second-order valence-electron chi connectivity index (χ2n) is 16.3. The van der Waals surface area contributed by atoms with E-state index in [4.69, 9.17) is 25.0 Å². The first-order valence-corrected chi connectivity index (χ1v) is 21.3. The quantitative estimate of drug-likeness (QED) is 0.160. The molecule has 0 saturated carbocycles. The number of nitrogens with one attached hydrogen (secondary N) is 3. The van der Waals surface area contributed by atoms with Gasteiger partial charge in [-0.2, -0.15) is 0 Å². The second-order valence-corrected chi connectivity index (χ2v) is 16.3. The van der Waals surface area contributed by atoms with Crippen molar-refractivity contribution in [1.82, 2.24) is 35.6 Å². The zero-order valence-electron chi connectivity index (χ0n) is 34.7. The van der Waals surface area contributed by atoms with Crippen molar-refractivity contribution < 1.29 is 0 Å². The van der Waals surface area contributed by atoms with Crippen LogP contribution in [0.4, 0.5) is 11.6 Å². The number of H-pyrrole nitrogens is 1. The first-order chi connectivity index (χ1) is 32.1. The number of aromatic nitrogens is 5. The third-order valence-electron chi connectivity index (χ3n) is 12.5. The largest absolute Gasteiger partial charge is 0.343 e. The monoisotopic (exact) mass is 838 g/mol. The molecular formula is C53H34N12. The summed E-state index contributed by atoms with van der Waals surface area (Å²) >= 11 is 0. The fourth-order valence-electron chi connectivity index (χ4n) is 9.59. The van der Waals surface area contributed by atoms with Gasteiger partial charge >= 0.3 is 0 Å². The number of amidine groups is 5. The van der Waals surface area contributed by atoms with Crippen molar-refractivity contribution >= 4 is 51.6 Å². The highest BCUT2D eigenvalue weighted by Gasteiger charge is 2.43. The Morgan fingerprint density at radius 2 is 0.800 bits per heavy atom. The average Bonchev–Trinajstić information content (AvgIpc) is 4.09. The smallest absolute Gasteiger partial charge is 0.165 e. The average molecular weight is 839 g/mol. The van der Waals surface area contributed by atoms with Crippen molar-refractivity contribution in [3.05, 3.63) is 204 Å². The van der Waals surface area contributed by atoms with Gasteiger partial charge in [-0.25, -0.2) is 25.0 Å². The van der Waals surface area contributed by atoms with Gasteiger partial charge in [-0.05, 0) is 100.0 Å². The number of benzene rings is 4.